The largest absolute Gasteiger partial charge is 0.390 e. The van der Waals surface area contributed by atoms with Gasteiger partial charge in [-0.2, -0.15) is 0 Å². The van der Waals surface area contributed by atoms with Gasteiger partial charge >= 0.3 is 0 Å². The van der Waals surface area contributed by atoms with Crippen LogP contribution in [0.15, 0.2) is 30.5 Å². The topological polar surface area (TPSA) is 65.0 Å². The minimum atomic E-state index is -0.0873. The number of anilines is 1. The molecule has 1 saturated carbocycles. The van der Waals surface area contributed by atoms with Crippen molar-refractivity contribution in [2.45, 2.75) is 52.6 Å². The molecule has 2 aliphatic rings. The average molecular weight is 391 g/mol. The van der Waals surface area contributed by atoms with Crippen LogP contribution in [0.3, 0.4) is 0 Å². The van der Waals surface area contributed by atoms with Gasteiger partial charge in [0, 0.05) is 35.8 Å². The lowest BCUT2D eigenvalue weighted by molar-refractivity contribution is 0.161. The Bertz CT molecular complexity index is 1030. The Hall–Kier alpha value is -2.40. The van der Waals surface area contributed by atoms with Crippen molar-refractivity contribution >= 4 is 16.7 Å². The molecular weight excluding hydrogens is 360 g/mol. The van der Waals surface area contributed by atoms with Gasteiger partial charge in [-0.25, -0.2) is 9.97 Å². The third-order valence-corrected chi connectivity index (χ3v) is 7.53. The van der Waals surface area contributed by atoms with Crippen molar-refractivity contribution < 1.29 is 5.11 Å². The Balaban J connectivity index is 1.47. The summed E-state index contributed by atoms with van der Waals surface area (Å²) in [7, 11) is 0. The number of benzene rings is 1. The van der Waals surface area contributed by atoms with Crippen molar-refractivity contribution in [3.05, 3.63) is 41.9 Å². The van der Waals surface area contributed by atoms with E-state index in [2.05, 4.69) is 28.9 Å². The first-order valence-corrected chi connectivity index (χ1v) is 10.9. The molecule has 29 heavy (non-hydrogen) atoms. The number of aliphatic hydroxyl groups excluding tert-OH is 1. The summed E-state index contributed by atoms with van der Waals surface area (Å²) >= 11 is 0. The number of nitrogens with one attached hydrogen (secondary N) is 1. The predicted octanol–water partition coefficient (Wildman–Crippen LogP) is 4.83. The molecule has 1 aliphatic carbocycles. The number of nitrogens with zero attached hydrogens (tertiary/aromatic N) is 3. The number of aliphatic hydroxyl groups is 1. The fourth-order valence-corrected chi connectivity index (χ4v) is 5.64. The van der Waals surface area contributed by atoms with E-state index >= 15 is 0 Å². The van der Waals surface area contributed by atoms with Crippen LogP contribution in [0.4, 0.5) is 5.82 Å². The van der Waals surface area contributed by atoms with E-state index in [0.29, 0.717) is 11.1 Å². The molecule has 5 heteroatoms. The highest BCUT2D eigenvalue weighted by Gasteiger charge is 2.42. The van der Waals surface area contributed by atoms with E-state index in [-0.39, 0.29) is 6.61 Å². The normalized spacial score (nSPS) is 21.3. The summed E-state index contributed by atoms with van der Waals surface area (Å²) < 4.78 is 0. The van der Waals surface area contributed by atoms with Gasteiger partial charge in [-0.1, -0.05) is 38.0 Å². The molecule has 3 heterocycles. The van der Waals surface area contributed by atoms with Crippen molar-refractivity contribution in [1.82, 2.24) is 15.0 Å². The molecule has 3 aromatic rings. The van der Waals surface area contributed by atoms with Crippen LogP contribution in [-0.2, 0) is 6.61 Å². The maximum atomic E-state index is 10.1. The molecule has 152 valence electrons. The van der Waals surface area contributed by atoms with Crippen LogP contribution in [0.5, 0.6) is 0 Å². The van der Waals surface area contributed by atoms with Crippen molar-refractivity contribution in [2.24, 2.45) is 11.3 Å². The summed E-state index contributed by atoms with van der Waals surface area (Å²) in [4.78, 5) is 15.5. The molecular formula is C24H30N4O. The Morgan fingerprint density at radius 2 is 1.97 bits per heavy atom. The molecule has 2 N–H and O–H groups in total. The van der Waals surface area contributed by atoms with E-state index in [0.717, 1.165) is 52.7 Å². The van der Waals surface area contributed by atoms with Gasteiger partial charge in [0.1, 0.15) is 5.69 Å². The lowest BCUT2D eigenvalue weighted by atomic mass is 9.71. The molecule has 2 fully saturated rings. The molecule has 5 rings (SSSR count). The molecule has 0 bridgehead atoms. The minimum Gasteiger partial charge on any atom is -0.390 e. The molecule has 1 aromatic carbocycles. The van der Waals surface area contributed by atoms with Gasteiger partial charge < -0.3 is 15.0 Å². The maximum absolute atomic E-state index is 10.1. The number of piperidine rings is 1. The third-order valence-electron chi connectivity index (χ3n) is 7.53. The lowest BCUT2D eigenvalue weighted by Crippen LogP contribution is -2.42. The fourth-order valence-electron chi connectivity index (χ4n) is 5.64. The molecule has 0 amide bonds. The SMILES string of the molecule is Cc1nc(N2CCC3(CCC[C@H]3C)CC2)c(CO)nc1-c1c[nH]c2ccccc12. The molecule has 0 unspecified atom stereocenters. The number of hydrogen-bond donors (Lipinski definition) is 2. The number of aryl methyl sites for hydroxylation is 1. The zero-order chi connectivity index (χ0) is 20.0. The van der Waals surface area contributed by atoms with Gasteiger partial charge in [-0.05, 0) is 43.6 Å². The van der Waals surface area contributed by atoms with Crippen molar-refractivity contribution in [1.29, 1.82) is 0 Å². The van der Waals surface area contributed by atoms with Crippen LogP contribution in [-0.4, -0.2) is 33.1 Å². The van der Waals surface area contributed by atoms with Gasteiger partial charge in [-0.15, -0.1) is 0 Å². The van der Waals surface area contributed by atoms with Crippen molar-refractivity contribution in [2.75, 3.05) is 18.0 Å². The molecule has 1 saturated heterocycles. The van der Waals surface area contributed by atoms with E-state index in [1.807, 2.05) is 25.3 Å². The lowest BCUT2D eigenvalue weighted by Gasteiger charge is -2.43. The second-order valence-electron chi connectivity index (χ2n) is 8.98. The molecule has 5 nitrogen and oxygen atoms in total. The molecule has 1 aliphatic heterocycles. The summed E-state index contributed by atoms with van der Waals surface area (Å²) in [6.07, 6.45) is 8.57. The second-order valence-corrected chi connectivity index (χ2v) is 8.98. The monoisotopic (exact) mass is 390 g/mol. The standard InChI is InChI=1S/C24H30N4O/c1-16-6-5-9-24(16)10-12-28(13-11-24)23-21(15-29)27-22(17(2)26-23)19-14-25-20-8-4-3-7-18(19)20/h3-4,7-8,14,16,25,29H,5-6,9-13,15H2,1-2H3/t16-/m1/s1. The number of H-pyrrole nitrogens is 1. The van der Waals surface area contributed by atoms with Gasteiger partial charge in [0.15, 0.2) is 5.82 Å². The number of hydrogen-bond acceptors (Lipinski definition) is 4. The molecule has 2 aromatic heterocycles. The van der Waals surface area contributed by atoms with Crippen LogP contribution in [0.1, 0.15) is 50.4 Å². The van der Waals surface area contributed by atoms with E-state index < -0.39 is 0 Å². The molecule has 1 spiro atoms. The predicted molar refractivity (Wildman–Crippen MR) is 117 cm³/mol. The Morgan fingerprint density at radius 3 is 2.69 bits per heavy atom. The fraction of sp³-hybridized carbons (Fsp3) is 0.500. The summed E-state index contributed by atoms with van der Waals surface area (Å²) in [6, 6.07) is 8.23. The van der Waals surface area contributed by atoms with E-state index in [9.17, 15) is 5.11 Å². The first kappa shape index (κ1) is 18.6. The zero-order valence-corrected chi connectivity index (χ0v) is 17.4. The Labute approximate surface area is 172 Å². The number of para-hydroxylation sites is 1. The van der Waals surface area contributed by atoms with Crippen molar-refractivity contribution in [3.8, 4) is 11.3 Å². The van der Waals surface area contributed by atoms with Crippen LogP contribution < -0.4 is 4.90 Å². The second kappa shape index (κ2) is 7.13. The minimum absolute atomic E-state index is 0.0873. The van der Waals surface area contributed by atoms with Crippen LogP contribution in [0.2, 0.25) is 0 Å². The van der Waals surface area contributed by atoms with Gasteiger partial charge in [0.05, 0.1) is 18.0 Å². The van der Waals surface area contributed by atoms with Gasteiger partial charge in [0.25, 0.3) is 0 Å². The molecule has 1 atom stereocenters. The smallest absolute Gasteiger partial charge is 0.153 e. The Morgan fingerprint density at radius 1 is 1.17 bits per heavy atom. The van der Waals surface area contributed by atoms with Gasteiger partial charge in [0.2, 0.25) is 0 Å². The number of fused-ring (bicyclic) bond motifs is 1. The summed E-state index contributed by atoms with van der Waals surface area (Å²) in [5, 5.41) is 11.2. The number of aromatic amines is 1. The summed E-state index contributed by atoms with van der Waals surface area (Å²) in [5.41, 5.74) is 5.12. The Kier molecular flexibility index (Phi) is 4.58. The van der Waals surface area contributed by atoms with Crippen molar-refractivity contribution in [3.63, 3.8) is 0 Å². The highest BCUT2D eigenvalue weighted by Crippen LogP contribution is 2.50. The summed E-state index contributed by atoms with van der Waals surface area (Å²) in [6.45, 7) is 6.40. The van der Waals surface area contributed by atoms with E-state index in [1.54, 1.807) is 0 Å². The number of aromatic nitrogens is 3. The maximum Gasteiger partial charge on any atom is 0.153 e. The highest BCUT2D eigenvalue weighted by atomic mass is 16.3. The van der Waals surface area contributed by atoms with Crippen LogP contribution in [0, 0.1) is 18.3 Å². The van der Waals surface area contributed by atoms with Gasteiger partial charge in [-0.3, -0.25) is 0 Å². The first-order valence-electron chi connectivity index (χ1n) is 10.9. The quantitative estimate of drug-likeness (QED) is 0.672. The van der Waals surface area contributed by atoms with Crippen LogP contribution >= 0.6 is 0 Å². The highest BCUT2D eigenvalue weighted by molar-refractivity contribution is 5.95. The van der Waals surface area contributed by atoms with E-state index in [4.69, 9.17) is 9.97 Å². The molecule has 0 radical (unpaired) electrons. The average Bonchev–Trinajstić information content (AvgIpc) is 3.33. The zero-order valence-electron chi connectivity index (χ0n) is 17.4. The van der Waals surface area contributed by atoms with E-state index in [1.165, 1.54) is 32.1 Å². The summed E-state index contributed by atoms with van der Waals surface area (Å²) in [5.74, 6) is 1.70. The first-order chi connectivity index (χ1) is 14.1. The van der Waals surface area contributed by atoms with Crippen LogP contribution in [0.25, 0.3) is 22.2 Å². The third kappa shape index (κ3) is 3.03. The number of rotatable bonds is 3.